The van der Waals surface area contributed by atoms with Gasteiger partial charge in [-0.25, -0.2) is 4.79 Å². The molecule has 1 amide bonds. The van der Waals surface area contributed by atoms with Crippen molar-refractivity contribution in [2.24, 2.45) is 0 Å². The molecule has 2 aromatic heterocycles. The number of nitrogens with one attached hydrogen (secondary N) is 2. The molecule has 3 rings (SSSR count). The van der Waals surface area contributed by atoms with Crippen LogP contribution in [0.15, 0.2) is 30.5 Å². The van der Waals surface area contributed by atoms with Crippen LogP contribution in [0.25, 0.3) is 10.9 Å². The van der Waals surface area contributed by atoms with Crippen LogP contribution in [0.2, 0.25) is 0 Å². The smallest absolute Gasteiger partial charge is 0.341 e. The van der Waals surface area contributed by atoms with Gasteiger partial charge in [-0.15, -0.1) is 11.3 Å². The number of aromatic amines is 1. The Balaban J connectivity index is 1.70. The van der Waals surface area contributed by atoms with Crippen molar-refractivity contribution in [3.8, 4) is 0 Å². The Morgan fingerprint density at radius 3 is 2.77 bits per heavy atom. The van der Waals surface area contributed by atoms with Crippen molar-refractivity contribution >= 4 is 39.1 Å². The first-order valence-corrected chi connectivity index (χ1v) is 9.44. The number of rotatable bonds is 6. The summed E-state index contributed by atoms with van der Waals surface area (Å²) in [6, 6.07) is 8.03. The van der Waals surface area contributed by atoms with E-state index in [2.05, 4.69) is 10.3 Å². The van der Waals surface area contributed by atoms with E-state index in [0.717, 1.165) is 26.9 Å². The molecule has 6 heteroatoms. The number of ether oxygens (including phenoxy) is 1. The van der Waals surface area contributed by atoms with E-state index in [1.807, 2.05) is 44.3 Å². The summed E-state index contributed by atoms with van der Waals surface area (Å²) in [5.41, 5.74) is 3.51. The molecule has 0 fully saturated rings. The van der Waals surface area contributed by atoms with Crippen molar-refractivity contribution in [3.05, 3.63) is 52.0 Å². The Kier molecular flexibility index (Phi) is 5.42. The van der Waals surface area contributed by atoms with Crippen molar-refractivity contribution in [2.75, 3.05) is 11.9 Å². The Morgan fingerprint density at radius 2 is 2.00 bits per heavy atom. The maximum Gasteiger partial charge on any atom is 0.341 e. The number of aryl methyl sites for hydroxylation is 2. The van der Waals surface area contributed by atoms with E-state index in [0.29, 0.717) is 30.0 Å². The number of hydrogen-bond acceptors (Lipinski definition) is 4. The first-order valence-electron chi connectivity index (χ1n) is 8.63. The molecule has 0 radical (unpaired) electrons. The lowest BCUT2D eigenvalue weighted by Gasteiger charge is -2.07. The number of esters is 1. The molecule has 0 saturated heterocycles. The van der Waals surface area contributed by atoms with Gasteiger partial charge in [-0.1, -0.05) is 18.2 Å². The number of fused-ring (bicyclic) bond motifs is 1. The normalized spacial score (nSPS) is 10.9. The molecular formula is C20H22N2O3S. The summed E-state index contributed by atoms with van der Waals surface area (Å²) in [6.07, 6.45) is 2.93. The van der Waals surface area contributed by atoms with Crippen LogP contribution < -0.4 is 5.32 Å². The minimum atomic E-state index is -0.388. The lowest BCUT2D eigenvalue weighted by atomic mass is 10.1. The molecule has 0 spiro atoms. The van der Waals surface area contributed by atoms with Gasteiger partial charge in [0.2, 0.25) is 5.91 Å². The summed E-state index contributed by atoms with van der Waals surface area (Å²) >= 11 is 1.41. The molecule has 5 nitrogen and oxygen atoms in total. The second-order valence-corrected chi connectivity index (χ2v) is 7.34. The number of anilines is 1. The summed E-state index contributed by atoms with van der Waals surface area (Å²) < 4.78 is 5.12. The summed E-state index contributed by atoms with van der Waals surface area (Å²) in [6.45, 7) is 5.89. The monoisotopic (exact) mass is 370 g/mol. The Morgan fingerprint density at radius 1 is 1.23 bits per heavy atom. The second-order valence-electron chi connectivity index (χ2n) is 6.12. The molecular weight excluding hydrogens is 348 g/mol. The fourth-order valence-corrected chi connectivity index (χ4v) is 4.00. The van der Waals surface area contributed by atoms with Gasteiger partial charge in [0.25, 0.3) is 0 Å². The molecule has 26 heavy (non-hydrogen) atoms. The summed E-state index contributed by atoms with van der Waals surface area (Å²) in [5, 5.41) is 4.60. The van der Waals surface area contributed by atoms with E-state index in [-0.39, 0.29) is 11.9 Å². The highest BCUT2D eigenvalue weighted by molar-refractivity contribution is 7.16. The largest absolute Gasteiger partial charge is 0.462 e. The molecule has 0 saturated carbocycles. The molecule has 2 N–H and O–H groups in total. The van der Waals surface area contributed by atoms with Crippen LogP contribution in [0.1, 0.15) is 39.7 Å². The lowest BCUT2D eigenvalue weighted by Crippen LogP contribution is -2.15. The van der Waals surface area contributed by atoms with Gasteiger partial charge in [-0.3, -0.25) is 4.79 Å². The molecule has 0 atom stereocenters. The quantitative estimate of drug-likeness (QED) is 0.623. The van der Waals surface area contributed by atoms with E-state index in [9.17, 15) is 9.59 Å². The zero-order valence-electron chi connectivity index (χ0n) is 15.1. The highest BCUT2D eigenvalue weighted by Crippen LogP contribution is 2.33. The van der Waals surface area contributed by atoms with Gasteiger partial charge in [0.1, 0.15) is 5.00 Å². The summed E-state index contributed by atoms with van der Waals surface area (Å²) in [5.74, 6) is -0.497. The molecule has 2 heterocycles. The van der Waals surface area contributed by atoms with Crippen molar-refractivity contribution in [1.82, 2.24) is 4.98 Å². The highest BCUT2D eigenvalue weighted by atomic mass is 32.1. The van der Waals surface area contributed by atoms with Crippen LogP contribution in [0.5, 0.6) is 0 Å². The number of hydrogen-bond donors (Lipinski definition) is 2. The van der Waals surface area contributed by atoms with Gasteiger partial charge in [0.15, 0.2) is 0 Å². The SMILES string of the molecule is CCOC(=O)c1c(NC(=O)CCc2c[nH]c3ccccc23)sc(C)c1C. The predicted molar refractivity (Wildman–Crippen MR) is 105 cm³/mol. The van der Waals surface area contributed by atoms with E-state index in [1.54, 1.807) is 6.92 Å². The average Bonchev–Trinajstić information content (AvgIpc) is 3.14. The van der Waals surface area contributed by atoms with Crippen LogP contribution in [0.4, 0.5) is 5.00 Å². The van der Waals surface area contributed by atoms with Crippen LogP contribution >= 0.6 is 11.3 Å². The molecule has 0 aliphatic carbocycles. The van der Waals surface area contributed by atoms with Crippen molar-refractivity contribution in [2.45, 2.75) is 33.6 Å². The Bertz CT molecular complexity index is 955. The molecule has 0 bridgehead atoms. The molecule has 1 aromatic carbocycles. The Labute approximate surface area is 156 Å². The summed E-state index contributed by atoms with van der Waals surface area (Å²) in [7, 11) is 0. The Hall–Kier alpha value is -2.60. The van der Waals surface area contributed by atoms with Gasteiger partial charge in [-0.2, -0.15) is 0 Å². The van der Waals surface area contributed by atoms with Crippen LogP contribution in [-0.4, -0.2) is 23.5 Å². The number of carbonyl (C=O) groups is 2. The number of thiophene rings is 1. The third-order valence-corrected chi connectivity index (χ3v) is 5.54. The number of para-hydroxylation sites is 1. The van der Waals surface area contributed by atoms with Gasteiger partial charge in [0, 0.05) is 28.4 Å². The maximum absolute atomic E-state index is 12.4. The minimum absolute atomic E-state index is 0.109. The number of H-pyrrole nitrogens is 1. The number of amides is 1. The first kappa shape index (κ1) is 18.2. The van der Waals surface area contributed by atoms with Crippen molar-refractivity contribution in [1.29, 1.82) is 0 Å². The molecule has 0 aliphatic rings. The van der Waals surface area contributed by atoms with Crippen LogP contribution in [0, 0.1) is 13.8 Å². The number of aromatic nitrogens is 1. The van der Waals surface area contributed by atoms with Gasteiger partial charge >= 0.3 is 5.97 Å². The maximum atomic E-state index is 12.4. The van der Waals surface area contributed by atoms with Gasteiger partial charge in [0.05, 0.1) is 12.2 Å². The van der Waals surface area contributed by atoms with Crippen LogP contribution in [0.3, 0.4) is 0 Å². The lowest BCUT2D eigenvalue weighted by molar-refractivity contribution is -0.116. The zero-order chi connectivity index (χ0) is 18.7. The first-order chi connectivity index (χ1) is 12.5. The summed E-state index contributed by atoms with van der Waals surface area (Å²) in [4.78, 5) is 28.9. The van der Waals surface area contributed by atoms with E-state index >= 15 is 0 Å². The predicted octanol–water partition coefficient (Wildman–Crippen LogP) is 4.59. The fourth-order valence-electron chi connectivity index (χ4n) is 2.94. The minimum Gasteiger partial charge on any atom is -0.462 e. The van der Waals surface area contributed by atoms with E-state index in [1.165, 1.54) is 11.3 Å². The van der Waals surface area contributed by atoms with E-state index < -0.39 is 0 Å². The highest BCUT2D eigenvalue weighted by Gasteiger charge is 2.22. The average molecular weight is 370 g/mol. The van der Waals surface area contributed by atoms with Crippen molar-refractivity contribution < 1.29 is 14.3 Å². The number of benzene rings is 1. The molecule has 136 valence electrons. The van der Waals surface area contributed by atoms with Crippen molar-refractivity contribution in [3.63, 3.8) is 0 Å². The second kappa shape index (κ2) is 7.74. The van der Waals surface area contributed by atoms with Gasteiger partial charge < -0.3 is 15.0 Å². The molecule has 3 aromatic rings. The number of carbonyl (C=O) groups excluding carboxylic acids is 2. The third kappa shape index (κ3) is 3.65. The molecule has 0 aliphatic heterocycles. The standard InChI is InChI=1S/C20H22N2O3S/c1-4-25-20(24)18-12(2)13(3)26-19(18)22-17(23)10-9-14-11-21-16-8-6-5-7-15(14)16/h5-8,11,21H,4,9-10H2,1-3H3,(H,22,23). The van der Waals surface area contributed by atoms with E-state index in [4.69, 9.17) is 4.74 Å². The van der Waals surface area contributed by atoms with Crippen LogP contribution in [-0.2, 0) is 16.0 Å². The molecule has 0 unspecified atom stereocenters. The zero-order valence-corrected chi connectivity index (χ0v) is 16.0. The van der Waals surface area contributed by atoms with Gasteiger partial charge in [-0.05, 0) is 44.4 Å². The fraction of sp³-hybridized carbons (Fsp3) is 0.300. The topological polar surface area (TPSA) is 71.2 Å². The third-order valence-electron chi connectivity index (χ3n) is 4.41.